The lowest BCUT2D eigenvalue weighted by molar-refractivity contribution is 0.432. The Morgan fingerprint density at radius 1 is 0.625 bits per heavy atom. The normalized spacial score (nSPS) is 10.7. The van der Waals surface area contributed by atoms with E-state index in [0.717, 1.165) is 21.2 Å². The minimum Gasteiger partial charge on any atom is -0.334 e. The van der Waals surface area contributed by atoms with E-state index in [9.17, 15) is 0 Å². The van der Waals surface area contributed by atoms with Crippen LogP contribution in [0, 0.1) is 0 Å². The molecule has 0 bridgehead atoms. The van der Waals surface area contributed by atoms with Gasteiger partial charge in [0.2, 0.25) is 5.82 Å². The van der Waals surface area contributed by atoms with Crippen molar-refractivity contribution in [2.75, 3.05) is 0 Å². The van der Waals surface area contributed by atoms with E-state index in [1.54, 1.807) is 0 Å². The summed E-state index contributed by atoms with van der Waals surface area (Å²) in [5.74, 6) is 1.11. The first-order valence-corrected chi connectivity index (χ1v) is 8.34. The summed E-state index contributed by atoms with van der Waals surface area (Å²) in [6.07, 6.45) is 0. The first-order chi connectivity index (χ1) is 11.8. The molecular weight excluding hydrogens is 364 g/mol. The Balaban J connectivity index is 1.62. The Morgan fingerprint density at radius 3 is 1.92 bits per heavy atom. The van der Waals surface area contributed by atoms with Crippen LogP contribution in [0.3, 0.4) is 0 Å². The first kappa shape index (κ1) is 14.8. The zero-order chi connectivity index (χ0) is 16.4. The van der Waals surface area contributed by atoms with Gasteiger partial charge >= 0.3 is 0 Å². The van der Waals surface area contributed by atoms with Crippen molar-refractivity contribution in [3.63, 3.8) is 0 Å². The van der Waals surface area contributed by atoms with Crippen molar-refractivity contribution in [2.45, 2.75) is 0 Å². The molecule has 0 saturated carbocycles. The predicted octanol–water partition coefficient (Wildman–Crippen LogP) is 5.83. The lowest BCUT2D eigenvalue weighted by Crippen LogP contribution is -1.82. The standard InChI is InChI=1S/C20H13BrN2O/c21-18-12-10-16(11-13-18)19-22-20(24-23-19)17-8-6-15(7-9-17)14-4-2-1-3-5-14/h1-13H. The number of benzene rings is 3. The Hall–Kier alpha value is -2.72. The third-order valence-electron chi connectivity index (χ3n) is 3.77. The molecule has 0 unspecified atom stereocenters. The van der Waals surface area contributed by atoms with Gasteiger partial charge < -0.3 is 4.52 Å². The smallest absolute Gasteiger partial charge is 0.258 e. The number of rotatable bonds is 3. The fourth-order valence-electron chi connectivity index (χ4n) is 2.49. The molecule has 0 N–H and O–H groups in total. The van der Waals surface area contributed by atoms with E-state index >= 15 is 0 Å². The maximum atomic E-state index is 5.41. The molecule has 4 rings (SSSR count). The van der Waals surface area contributed by atoms with E-state index in [1.165, 1.54) is 5.56 Å². The monoisotopic (exact) mass is 376 g/mol. The zero-order valence-corrected chi connectivity index (χ0v) is 14.3. The van der Waals surface area contributed by atoms with Crippen molar-refractivity contribution in [2.24, 2.45) is 0 Å². The molecule has 1 aromatic heterocycles. The van der Waals surface area contributed by atoms with Crippen LogP contribution in [-0.2, 0) is 0 Å². The van der Waals surface area contributed by atoms with Gasteiger partial charge in [0, 0.05) is 15.6 Å². The molecule has 1 heterocycles. The van der Waals surface area contributed by atoms with Crippen LogP contribution < -0.4 is 0 Å². The molecule has 0 aliphatic rings. The average Bonchev–Trinajstić information content (AvgIpc) is 3.13. The van der Waals surface area contributed by atoms with Crippen molar-refractivity contribution in [1.82, 2.24) is 10.1 Å². The van der Waals surface area contributed by atoms with E-state index in [2.05, 4.69) is 50.3 Å². The van der Waals surface area contributed by atoms with Gasteiger partial charge in [-0.1, -0.05) is 63.6 Å². The minimum absolute atomic E-state index is 0.521. The number of nitrogens with zero attached hydrogens (tertiary/aromatic N) is 2. The summed E-state index contributed by atoms with van der Waals surface area (Å²) < 4.78 is 6.43. The molecular formula is C20H13BrN2O. The Kier molecular flexibility index (Phi) is 3.97. The van der Waals surface area contributed by atoms with Crippen molar-refractivity contribution in [3.05, 3.63) is 83.3 Å². The number of aromatic nitrogens is 2. The Labute approximate surface area is 148 Å². The summed E-state index contributed by atoms with van der Waals surface area (Å²) in [5, 5.41) is 4.07. The molecule has 116 valence electrons. The molecule has 0 aliphatic carbocycles. The van der Waals surface area contributed by atoms with Gasteiger partial charge in [-0.3, -0.25) is 0 Å². The number of hydrogen-bond acceptors (Lipinski definition) is 3. The highest BCUT2D eigenvalue weighted by Gasteiger charge is 2.10. The third kappa shape index (κ3) is 3.01. The maximum absolute atomic E-state index is 5.41. The second kappa shape index (κ2) is 6.42. The zero-order valence-electron chi connectivity index (χ0n) is 12.7. The van der Waals surface area contributed by atoms with Gasteiger partial charge in [0.1, 0.15) is 0 Å². The van der Waals surface area contributed by atoms with Crippen molar-refractivity contribution in [1.29, 1.82) is 0 Å². The molecule has 0 radical (unpaired) electrons. The fraction of sp³-hybridized carbons (Fsp3) is 0. The molecule has 0 aliphatic heterocycles. The van der Waals surface area contributed by atoms with Crippen LogP contribution in [0.2, 0.25) is 0 Å². The van der Waals surface area contributed by atoms with E-state index in [4.69, 9.17) is 4.52 Å². The molecule has 4 heteroatoms. The van der Waals surface area contributed by atoms with Crippen LogP contribution in [0.15, 0.2) is 87.9 Å². The molecule has 3 aromatic carbocycles. The van der Waals surface area contributed by atoms with Crippen molar-refractivity contribution >= 4 is 15.9 Å². The summed E-state index contributed by atoms with van der Waals surface area (Å²) in [6.45, 7) is 0. The molecule has 0 atom stereocenters. The molecule has 0 spiro atoms. The van der Waals surface area contributed by atoms with Gasteiger partial charge in [0.25, 0.3) is 5.89 Å². The van der Waals surface area contributed by atoms with Crippen LogP contribution in [-0.4, -0.2) is 10.1 Å². The summed E-state index contributed by atoms with van der Waals surface area (Å²) in [4.78, 5) is 4.49. The topological polar surface area (TPSA) is 38.9 Å². The van der Waals surface area contributed by atoms with Crippen LogP contribution in [0.1, 0.15) is 0 Å². The lowest BCUT2D eigenvalue weighted by atomic mass is 10.0. The van der Waals surface area contributed by atoms with Gasteiger partial charge in [-0.2, -0.15) is 4.98 Å². The van der Waals surface area contributed by atoms with Crippen LogP contribution in [0.4, 0.5) is 0 Å². The van der Waals surface area contributed by atoms with Gasteiger partial charge in [-0.25, -0.2) is 0 Å². The predicted molar refractivity (Wildman–Crippen MR) is 98.3 cm³/mol. The highest BCUT2D eigenvalue weighted by Crippen LogP contribution is 2.26. The SMILES string of the molecule is Brc1ccc(-c2noc(-c3ccc(-c4ccccc4)cc3)n2)cc1. The van der Waals surface area contributed by atoms with E-state index in [-0.39, 0.29) is 0 Å². The third-order valence-corrected chi connectivity index (χ3v) is 4.30. The summed E-state index contributed by atoms with van der Waals surface area (Å²) >= 11 is 3.42. The summed E-state index contributed by atoms with van der Waals surface area (Å²) in [6, 6.07) is 26.2. The number of halogens is 1. The average molecular weight is 377 g/mol. The molecule has 3 nitrogen and oxygen atoms in total. The maximum Gasteiger partial charge on any atom is 0.258 e. The van der Waals surface area contributed by atoms with Gasteiger partial charge in [-0.15, -0.1) is 0 Å². The van der Waals surface area contributed by atoms with Gasteiger partial charge in [0.05, 0.1) is 0 Å². The van der Waals surface area contributed by atoms with Crippen LogP contribution in [0.25, 0.3) is 34.0 Å². The lowest BCUT2D eigenvalue weighted by Gasteiger charge is -2.01. The van der Waals surface area contributed by atoms with Crippen LogP contribution >= 0.6 is 15.9 Å². The quantitative estimate of drug-likeness (QED) is 0.451. The van der Waals surface area contributed by atoms with E-state index < -0.39 is 0 Å². The van der Waals surface area contributed by atoms with Crippen molar-refractivity contribution < 1.29 is 4.52 Å². The van der Waals surface area contributed by atoms with E-state index in [0.29, 0.717) is 11.7 Å². The Morgan fingerprint density at radius 2 is 1.21 bits per heavy atom. The highest BCUT2D eigenvalue weighted by molar-refractivity contribution is 9.10. The molecule has 0 saturated heterocycles. The highest BCUT2D eigenvalue weighted by atomic mass is 79.9. The summed E-state index contributed by atoms with van der Waals surface area (Å²) in [5.41, 5.74) is 4.18. The molecule has 0 amide bonds. The summed E-state index contributed by atoms with van der Waals surface area (Å²) in [7, 11) is 0. The van der Waals surface area contributed by atoms with Gasteiger partial charge in [0.15, 0.2) is 0 Å². The van der Waals surface area contributed by atoms with Crippen LogP contribution in [0.5, 0.6) is 0 Å². The molecule has 4 aromatic rings. The second-order valence-electron chi connectivity index (χ2n) is 5.37. The Bertz CT molecular complexity index is 945. The molecule has 24 heavy (non-hydrogen) atoms. The van der Waals surface area contributed by atoms with Gasteiger partial charge in [-0.05, 0) is 47.5 Å². The second-order valence-corrected chi connectivity index (χ2v) is 6.29. The van der Waals surface area contributed by atoms with E-state index in [1.807, 2.05) is 54.6 Å². The minimum atomic E-state index is 0.521. The fourth-order valence-corrected chi connectivity index (χ4v) is 2.76. The first-order valence-electron chi connectivity index (χ1n) is 7.55. The largest absolute Gasteiger partial charge is 0.334 e. The van der Waals surface area contributed by atoms with Crippen molar-refractivity contribution in [3.8, 4) is 34.0 Å². The number of hydrogen-bond donors (Lipinski definition) is 0. The molecule has 0 fully saturated rings.